The molecule has 1 aliphatic rings. The Bertz CT molecular complexity index is 382. The molecule has 2 rings (SSSR count). The minimum atomic E-state index is -0.148. The highest BCUT2D eigenvalue weighted by molar-refractivity contribution is 5.28. The van der Waals surface area contributed by atoms with E-state index in [-0.39, 0.29) is 11.6 Å². The quantitative estimate of drug-likeness (QED) is 0.882. The van der Waals surface area contributed by atoms with E-state index >= 15 is 0 Å². The summed E-state index contributed by atoms with van der Waals surface area (Å²) < 4.78 is 5.84. The largest absolute Gasteiger partial charge is 0.376 e. The lowest BCUT2D eigenvalue weighted by atomic mass is 9.77. The van der Waals surface area contributed by atoms with Crippen LogP contribution in [-0.2, 0) is 11.2 Å². The summed E-state index contributed by atoms with van der Waals surface area (Å²) in [5, 5.41) is 0. The molecule has 1 atom stereocenters. The number of benzene rings is 1. The molecule has 1 fully saturated rings. The summed E-state index contributed by atoms with van der Waals surface area (Å²) in [6.45, 7) is 2.18. The number of ether oxygens (including phenoxy) is 1. The molecule has 1 unspecified atom stereocenters. The van der Waals surface area contributed by atoms with Gasteiger partial charge in [-0.1, -0.05) is 50.5 Å². The molecule has 0 saturated heterocycles. The van der Waals surface area contributed by atoms with E-state index in [9.17, 15) is 0 Å². The second-order valence-electron chi connectivity index (χ2n) is 5.41. The van der Waals surface area contributed by atoms with Crippen LogP contribution in [0.15, 0.2) is 24.3 Å². The van der Waals surface area contributed by atoms with E-state index < -0.39 is 0 Å². The number of aryl methyl sites for hydroxylation is 1. The molecule has 0 amide bonds. The van der Waals surface area contributed by atoms with Gasteiger partial charge in [0.1, 0.15) is 0 Å². The lowest BCUT2D eigenvalue weighted by molar-refractivity contribution is -0.0595. The number of hydrogen-bond acceptors (Lipinski definition) is 2. The van der Waals surface area contributed by atoms with Gasteiger partial charge in [0.2, 0.25) is 0 Å². The van der Waals surface area contributed by atoms with Crippen LogP contribution in [0.3, 0.4) is 0 Å². The first-order valence-corrected chi connectivity index (χ1v) is 7.11. The van der Waals surface area contributed by atoms with E-state index in [1.165, 1.54) is 30.4 Å². The molecule has 1 aliphatic carbocycles. The molecule has 0 spiro atoms. The molecule has 18 heavy (non-hydrogen) atoms. The zero-order chi connectivity index (χ0) is 13.0. The van der Waals surface area contributed by atoms with E-state index in [1.54, 1.807) is 0 Å². The molecule has 0 aromatic heterocycles. The summed E-state index contributed by atoms with van der Waals surface area (Å²) in [4.78, 5) is 0. The van der Waals surface area contributed by atoms with Crippen molar-refractivity contribution in [3.05, 3.63) is 35.4 Å². The van der Waals surface area contributed by atoms with Crippen LogP contribution in [0, 0.1) is 0 Å². The van der Waals surface area contributed by atoms with Gasteiger partial charge in [-0.15, -0.1) is 0 Å². The lowest BCUT2D eigenvalue weighted by Gasteiger charge is -2.41. The van der Waals surface area contributed by atoms with Crippen molar-refractivity contribution in [1.82, 2.24) is 0 Å². The van der Waals surface area contributed by atoms with Gasteiger partial charge in [0.25, 0.3) is 0 Å². The highest BCUT2D eigenvalue weighted by Gasteiger charge is 2.38. The summed E-state index contributed by atoms with van der Waals surface area (Å²) in [5.41, 5.74) is 8.94. The van der Waals surface area contributed by atoms with Gasteiger partial charge in [-0.05, 0) is 30.4 Å². The predicted octanol–water partition coefficient (Wildman–Crippen LogP) is 3.60. The van der Waals surface area contributed by atoms with Gasteiger partial charge < -0.3 is 10.5 Å². The molecule has 1 aromatic rings. The van der Waals surface area contributed by atoms with Crippen LogP contribution >= 0.6 is 0 Å². The Morgan fingerprint density at radius 3 is 2.61 bits per heavy atom. The van der Waals surface area contributed by atoms with Crippen molar-refractivity contribution in [3.63, 3.8) is 0 Å². The van der Waals surface area contributed by atoms with Gasteiger partial charge in [0, 0.05) is 7.11 Å². The Morgan fingerprint density at radius 2 is 2.00 bits per heavy atom. The van der Waals surface area contributed by atoms with E-state index in [2.05, 4.69) is 31.2 Å². The third-order valence-corrected chi connectivity index (χ3v) is 4.39. The third-order valence-electron chi connectivity index (χ3n) is 4.39. The van der Waals surface area contributed by atoms with Crippen LogP contribution in [0.2, 0.25) is 0 Å². The van der Waals surface area contributed by atoms with Crippen LogP contribution in [0.5, 0.6) is 0 Å². The molecule has 2 heteroatoms. The molecular formula is C16H25NO. The van der Waals surface area contributed by atoms with Crippen LogP contribution in [0.1, 0.15) is 56.2 Å². The van der Waals surface area contributed by atoms with E-state index in [1.807, 2.05) is 7.11 Å². The van der Waals surface area contributed by atoms with Crippen molar-refractivity contribution in [2.75, 3.05) is 7.11 Å². The molecule has 0 heterocycles. The summed E-state index contributed by atoms with van der Waals surface area (Å²) in [7, 11) is 1.81. The molecule has 1 saturated carbocycles. The first-order valence-electron chi connectivity index (χ1n) is 7.11. The average molecular weight is 247 g/mol. The topological polar surface area (TPSA) is 35.2 Å². The summed E-state index contributed by atoms with van der Waals surface area (Å²) in [6.07, 6.45) is 7.00. The second kappa shape index (κ2) is 5.85. The fraction of sp³-hybridized carbons (Fsp3) is 0.625. The summed E-state index contributed by atoms with van der Waals surface area (Å²) in [6, 6.07) is 8.64. The van der Waals surface area contributed by atoms with E-state index in [0.717, 1.165) is 19.3 Å². The van der Waals surface area contributed by atoms with Crippen molar-refractivity contribution in [2.24, 2.45) is 5.73 Å². The van der Waals surface area contributed by atoms with Gasteiger partial charge in [-0.3, -0.25) is 0 Å². The zero-order valence-corrected chi connectivity index (χ0v) is 11.6. The van der Waals surface area contributed by atoms with Crippen LogP contribution in [0.4, 0.5) is 0 Å². The fourth-order valence-electron chi connectivity index (χ4n) is 3.10. The van der Waals surface area contributed by atoms with Gasteiger partial charge in [-0.2, -0.15) is 0 Å². The van der Waals surface area contributed by atoms with Crippen molar-refractivity contribution >= 4 is 0 Å². The van der Waals surface area contributed by atoms with Gasteiger partial charge in [-0.25, -0.2) is 0 Å². The maximum Gasteiger partial charge on any atom is 0.0870 e. The van der Waals surface area contributed by atoms with E-state index in [4.69, 9.17) is 10.5 Å². The maximum absolute atomic E-state index is 6.51. The molecule has 100 valence electrons. The van der Waals surface area contributed by atoms with Crippen LogP contribution in [0.25, 0.3) is 0 Å². The second-order valence-corrected chi connectivity index (χ2v) is 5.41. The number of rotatable bonds is 4. The number of nitrogens with two attached hydrogens (primary N) is 1. The number of methoxy groups -OCH3 is 1. The smallest absolute Gasteiger partial charge is 0.0870 e. The Kier molecular flexibility index (Phi) is 4.41. The minimum Gasteiger partial charge on any atom is -0.376 e. The number of hydrogen-bond donors (Lipinski definition) is 1. The Morgan fingerprint density at radius 1 is 1.28 bits per heavy atom. The first-order chi connectivity index (χ1) is 8.72. The van der Waals surface area contributed by atoms with Gasteiger partial charge in [0.15, 0.2) is 0 Å². The summed E-state index contributed by atoms with van der Waals surface area (Å²) >= 11 is 0. The Balaban J connectivity index is 2.24. The zero-order valence-electron chi connectivity index (χ0n) is 11.6. The maximum atomic E-state index is 6.51. The first kappa shape index (κ1) is 13.6. The lowest BCUT2D eigenvalue weighted by Crippen LogP contribution is -2.44. The van der Waals surface area contributed by atoms with Crippen LogP contribution in [-0.4, -0.2) is 12.7 Å². The van der Waals surface area contributed by atoms with Crippen LogP contribution < -0.4 is 5.73 Å². The standard InChI is InChI=1S/C16H25NO/c1-3-13-8-7-9-14(12-13)15(17)16(18-2)10-5-4-6-11-16/h7-9,12,15H,3-6,10-11,17H2,1-2H3. The molecule has 0 radical (unpaired) electrons. The van der Waals surface area contributed by atoms with Gasteiger partial charge in [0.05, 0.1) is 11.6 Å². The van der Waals surface area contributed by atoms with Crippen molar-refractivity contribution in [3.8, 4) is 0 Å². The highest BCUT2D eigenvalue weighted by atomic mass is 16.5. The fourth-order valence-corrected chi connectivity index (χ4v) is 3.10. The molecular weight excluding hydrogens is 222 g/mol. The predicted molar refractivity (Wildman–Crippen MR) is 75.6 cm³/mol. The average Bonchev–Trinajstić information content (AvgIpc) is 2.47. The van der Waals surface area contributed by atoms with Crippen molar-refractivity contribution in [1.29, 1.82) is 0 Å². The summed E-state index contributed by atoms with van der Waals surface area (Å²) in [5.74, 6) is 0. The third kappa shape index (κ3) is 2.60. The molecule has 0 aliphatic heterocycles. The molecule has 2 N–H and O–H groups in total. The molecule has 1 aromatic carbocycles. The minimum absolute atomic E-state index is 0.00528. The van der Waals surface area contributed by atoms with Crippen molar-refractivity contribution in [2.45, 2.75) is 57.1 Å². The van der Waals surface area contributed by atoms with E-state index in [0.29, 0.717) is 0 Å². The Labute approximate surface area is 111 Å². The highest BCUT2D eigenvalue weighted by Crippen LogP contribution is 2.39. The Hall–Kier alpha value is -0.860. The molecule has 2 nitrogen and oxygen atoms in total. The monoisotopic (exact) mass is 247 g/mol. The van der Waals surface area contributed by atoms with Crippen molar-refractivity contribution < 1.29 is 4.74 Å². The van der Waals surface area contributed by atoms with Gasteiger partial charge >= 0.3 is 0 Å². The normalized spacial score (nSPS) is 20.6. The SMILES string of the molecule is CCc1cccc(C(N)C2(OC)CCCCC2)c1. The molecule has 0 bridgehead atoms.